The van der Waals surface area contributed by atoms with E-state index in [1.807, 2.05) is 0 Å². The minimum atomic E-state index is -1.39. The fourth-order valence-corrected chi connectivity index (χ4v) is 0.0551. The summed E-state index contributed by atoms with van der Waals surface area (Å²) in [6.45, 7) is 0. The third-order valence-electron chi connectivity index (χ3n) is 0.450. The van der Waals surface area contributed by atoms with Crippen LogP contribution in [0.15, 0.2) is 0 Å². The van der Waals surface area contributed by atoms with Crippen LogP contribution >= 0.6 is 31.9 Å². The predicted octanol–water partition coefficient (Wildman–Crippen LogP) is 0.481. The van der Waals surface area contributed by atoms with Crippen molar-refractivity contribution in [3.05, 3.63) is 0 Å². The fraction of sp³-hybridized carbons (Fsp3) is 0.333. The molecule has 0 heterocycles. The third-order valence-corrected chi connectivity index (χ3v) is 1.59. The van der Waals surface area contributed by atoms with E-state index in [4.69, 9.17) is 11.0 Å². The second-order valence-electron chi connectivity index (χ2n) is 1.05. The molecule has 0 spiro atoms. The Bertz CT molecular complexity index is 148. The van der Waals surface area contributed by atoms with Crippen molar-refractivity contribution >= 4 is 37.8 Å². The van der Waals surface area contributed by atoms with Crippen molar-refractivity contribution in [3.63, 3.8) is 0 Å². The zero-order valence-corrected chi connectivity index (χ0v) is 6.86. The molecule has 44 valence electrons. The Balaban J connectivity index is 4.19. The number of carbonyl (C=O) groups is 1. The van der Waals surface area contributed by atoms with E-state index in [1.165, 1.54) is 0 Å². The highest BCUT2D eigenvalue weighted by molar-refractivity contribution is 9.26. The van der Waals surface area contributed by atoms with Crippen LogP contribution in [0, 0.1) is 11.3 Å². The molecular weight excluding hydrogens is 243 g/mol. The van der Waals surface area contributed by atoms with E-state index < -0.39 is 9.14 Å². The maximum absolute atomic E-state index is 10.2. The molecule has 0 rings (SSSR count). The molecule has 0 bridgehead atoms. The maximum Gasteiger partial charge on any atom is 0.259 e. The lowest BCUT2D eigenvalue weighted by Crippen LogP contribution is -2.30. The van der Waals surface area contributed by atoms with Gasteiger partial charge in [0.05, 0.1) is 0 Å². The Kier molecular flexibility index (Phi) is 2.44. The second kappa shape index (κ2) is 2.46. The number of nitriles is 1. The van der Waals surface area contributed by atoms with Crippen LogP contribution in [0.3, 0.4) is 0 Å². The first-order valence-corrected chi connectivity index (χ1v) is 3.18. The zero-order chi connectivity index (χ0) is 6.78. The van der Waals surface area contributed by atoms with Crippen LogP contribution in [-0.2, 0) is 4.79 Å². The van der Waals surface area contributed by atoms with Gasteiger partial charge in [-0.05, 0) is 31.9 Å². The number of alkyl halides is 2. The molecule has 8 heavy (non-hydrogen) atoms. The smallest absolute Gasteiger partial charge is 0.259 e. The summed E-state index contributed by atoms with van der Waals surface area (Å²) >= 11 is 5.45. The average molecular weight is 245 g/mol. The number of nitrogens with zero attached hydrogens (tertiary/aromatic N) is 1. The molecule has 3 nitrogen and oxygen atoms in total. The minimum absolute atomic E-state index is 0.750. The van der Waals surface area contributed by atoms with Crippen LogP contribution in [0.4, 0.5) is 0 Å². The van der Waals surface area contributed by atoms with Gasteiger partial charge in [-0.25, -0.2) is 0 Å². The van der Waals surface area contributed by atoms with Gasteiger partial charge in [0, 0.05) is 0 Å². The molecule has 0 saturated heterocycles. The number of hydrogen-bond donors (Lipinski definition) is 1. The highest BCUT2D eigenvalue weighted by Crippen LogP contribution is 2.23. The van der Waals surface area contributed by atoms with Gasteiger partial charge >= 0.3 is 0 Å². The van der Waals surface area contributed by atoms with Crippen LogP contribution in [-0.4, -0.2) is 9.14 Å². The van der Waals surface area contributed by atoms with Gasteiger partial charge < -0.3 is 5.73 Å². The van der Waals surface area contributed by atoms with Crippen LogP contribution < -0.4 is 5.73 Å². The Morgan fingerprint density at radius 1 is 1.75 bits per heavy atom. The SMILES string of the molecule is N#[13C][13C](Br)(Br)[13C](N)=O. The number of rotatable bonds is 1. The molecule has 5 heteroatoms. The van der Waals surface area contributed by atoms with Crippen molar-refractivity contribution in [2.75, 3.05) is 0 Å². The van der Waals surface area contributed by atoms with Crippen molar-refractivity contribution < 1.29 is 4.79 Å². The summed E-state index contributed by atoms with van der Waals surface area (Å²) in [5.74, 6) is -0.750. The lowest BCUT2D eigenvalue weighted by molar-refractivity contribution is -0.117. The Hall–Kier alpha value is -0.0800. The maximum atomic E-state index is 10.2. The van der Waals surface area contributed by atoms with Gasteiger partial charge in [-0.15, -0.1) is 0 Å². The summed E-state index contributed by atoms with van der Waals surface area (Å²) in [6.07, 6.45) is 0. The summed E-state index contributed by atoms with van der Waals surface area (Å²) in [7, 11) is 0. The largest absolute Gasteiger partial charge is 0.367 e. The van der Waals surface area contributed by atoms with Crippen LogP contribution in [0.1, 0.15) is 0 Å². The molecule has 0 fully saturated rings. The van der Waals surface area contributed by atoms with E-state index >= 15 is 0 Å². The molecule has 0 aromatic carbocycles. The lowest BCUT2D eigenvalue weighted by atomic mass is 11.4. The first-order chi connectivity index (χ1) is 3.50. The van der Waals surface area contributed by atoms with E-state index in [9.17, 15) is 4.79 Å². The van der Waals surface area contributed by atoms with E-state index in [-0.39, 0.29) is 0 Å². The molecule has 0 unspecified atom stereocenters. The summed E-state index contributed by atoms with van der Waals surface area (Å²) in [6, 6.07) is 1.60. The summed E-state index contributed by atoms with van der Waals surface area (Å²) < 4.78 is -1.39. The molecule has 0 aliphatic rings. The number of carbonyl (C=O) groups excluding carboxylic acids is 1. The summed E-state index contributed by atoms with van der Waals surface area (Å²) in [5.41, 5.74) is 4.73. The average Bonchev–Trinajstić information content (AvgIpc) is 1.67. The summed E-state index contributed by atoms with van der Waals surface area (Å²) in [5, 5.41) is 8.12. The minimum Gasteiger partial charge on any atom is -0.367 e. The molecule has 0 radical (unpaired) electrons. The number of nitrogens with two attached hydrogens (primary N) is 1. The third kappa shape index (κ3) is 1.80. The van der Waals surface area contributed by atoms with E-state index in [0.29, 0.717) is 0 Å². The second-order valence-corrected chi connectivity index (χ2v) is 4.49. The molecule has 0 aromatic rings. The zero-order valence-electron chi connectivity index (χ0n) is 3.69. The van der Waals surface area contributed by atoms with Gasteiger partial charge in [0.2, 0.25) is 3.23 Å². The van der Waals surface area contributed by atoms with Crippen molar-refractivity contribution in [1.29, 1.82) is 5.26 Å². The topological polar surface area (TPSA) is 66.9 Å². The van der Waals surface area contributed by atoms with Crippen LogP contribution in [0.5, 0.6) is 0 Å². The van der Waals surface area contributed by atoms with Crippen molar-refractivity contribution in [3.8, 4) is 6.07 Å². The van der Waals surface area contributed by atoms with Crippen molar-refractivity contribution in [1.82, 2.24) is 0 Å². The number of hydrogen-bond acceptors (Lipinski definition) is 2. The quantitative estimate of drug-likeness (QED) is 0.539. The molecule has 0 aliphatic heterocycles. The van der Waals surface area contributed by atoms with E-state index in [1.54, 1.807) is 6.07 Å². The van der Waals surface area contributed by atoms with Crippen LogP contribution in [0.2, 0.25) is 0 Å². The monoisotopic (exact) mass is 243 g/mol. The molecule has 1 amide bonds. The van der Waals surface area contributed by atoms with E-state index in [2.05, 4.69) is 31.9 Å². The van der Waals surface area contributed by atoms with Gasteiger partial charge in [-0.3, -0.25) is 4.79 Å². The van der Waals surface area contributed by atoms with E-state index in [0.717, 1.165) is 0 Å². The van der Waals surface area contributed by atoms with Gasteiger partial charge in [-0.2, -0.15) is 5.26 Å². The van der Waals surface area contributed by atoms with Crippen molar-refractivity contribution in [2.45, 2.75) is 3.23 Å². The van der Waals surface area contributed by atoms with Gasteiger partial charge in [0.1, 0.15) is 6.07 Å². The first kappa shape index (κ1) is 7.92. The Morgan fingerprint density at radius 3 is 2.12 bits per heavy atom. The van der Waals surface area contributed by atoms with Crippen molar-refractivity contribution in [2.24, 2.45) is 5.73 Å². The molecule has 2 N–H and O–H groups in total. The number of halogens is 2. The Labute approximate surface area is 63.1 Å². The highest BCUT2D eigenvalue weighted by atomic mass is 79.9. The molecule has 0 saturated carbocycles. The molecule has 0 aromatic heterocycles. The predicted molar refractivity (Wildman–Crippen MR) is 35.4 cm³/mol. The highest BCUT2D eigenvalue weighted by Gasteiger charge is 2.28. The number of amides is 1. The number of primary amides is 1. The lowest BCUT2D eigenvalue weighted by Gasteiger charge is -2.01. The molecule has 0 atom stereocenters. The van der Waals surface area contributed by atoms with Gasteiger partial charge in [0.25, 0.3) is 5.91 Å². The normalized spacial score (nSPS) is 10.1. The Morgan fingerprint density at radius 2 is 2.12 bits per heavy atom. The summed E-state index contributed by atoms with van der Waals surface area (Å²) in [4.78, 5) is 10.2. The molecule has 0 aliphatic carbocycles. The first-order valence-electron chi connectivity index (χ1n) is 1.59. The van der Waals surface area contributed by atoms with Gasteiger partial charge in [0.15, 0.2) is 0 Å². The fourth-order valence-electron chi connectivity index (χ4n) is 0.0551. The van der Waals surface area contributed by atoms with Crippen LogP contribution in [0.25, 0.3) is 0 Å². The standard InChI is InChI=1S/C3H2Br2N2O/c4-3(5,1-6)2(7)8/h(H2,7,8)/i1+1,2+1,3+1. The molecular formula is C3H2Br2N2O. The van der Waals surface area contributed by atoms with Gasteiger partial charge in [-0.1, -0.05) is 0 Å².